The summed E-state index contributed by atoms with van der Waals surface area (Å²) in [6.07, 6.45) is 0. The fourth-order valence-corrected chi connectivity index (χ4v) is 2.22. The molecule has 4 nitrogen and oxygen atoms in total. The van der Waals surface area contributed by atoms with Crippen molar-refractivity contribution in [2.45, 2.75) is 25.2 Å². The Kier molecular flexibility index (Phi) is 4.87. The maximum atomic E-state index is 6.27. The monoisotopic (exact) mass is 270 g/mol. The van der Waals surface area contributed by atoms with Crippen LogP contribution in [-0.4, -0.2) is 0 Å². The Balaban J connectivity index is 2.19. The van der Waals surface area contributed by atoms with Crippen LogP contribution in [0.3, 0.4) is 0 Å². The molecule has 0 fully saturated rings. The first-order chi connectivity index (χ1) is 9.65. The predicted octanol–water partition coefficient (Wildman–Crippen LogP) is 1.30. The lowest BCUT2D eigenvalue weighted by Gasteiger charge is -2.21. The maximum absolute atomic E-state index is 6.27. The van der Waals surface area contributed by atoms with Crippen LogP contribution in [-0.2, 0) is 13.1 Å². The van der Waals surface area contributed by atoms with E-state index in [0.717, 1.165) is 22.3 Å². The van der Waals surface area contributed by atoms with E-state index in [-0.39, 0.29) is 12.1 Å². The average molecular weight is 270 g/mol. The van der Waals surface area contributed by atoms with Gasteiger partial charge < -0.3 is 22.9 Å². The van der Waals surface area contributed by atoms with E-state index in [9.17, 15) is 0 Å². The van der Waals surface area contributed by atoms with E-state index >= 15 is 0 Å². The van der Waals surface area contributed by atoms with Gasteiger partial charge in [0.1, 0.15) is 0 Å². The zero-order valence-corrected chi connectivity index (χ0v) is 11.5. The van der Waals surface area contributed by atoms with Gasteiger partial charge in [0.15, 0.2) is 0 Å². The first-order valence-electron chi connectivity index (χ1n) is 6.74. The van der Waals surface area contributed by atoms with Crippen molar-refractivity contribution in [3.8, 4) is 0 Å². The third-order valence-electron chi connectivity index (χ3n) is 3.56. The van der Waals surface area contributed by atoms with E-state index in [4.69, 9.17) is 22.9 Å². The molecule has 106 valence electrons. The maximum Gasteiger partial charge on any atom is 0.0491 e. The fourth-order valence-electron chi connectivity index (χ4n) is 2.22. The van der Waals surface area contributed by atoms with E-state index in [0.29, 0.717) is 13.1 Å². The molecule has 0 spiro atoms. The highest BCUT2D eigenvalue weighted by atomic mass is 14.8. The molecule has 0 saturated heterocycles. The minimum atomic E-state index is -0.259. The van der Waals surface area contributed by atoms with Gasteiger partial charge >= 0.3 is 0 Å². The molecule has 2 atom stereocenters. The summed E-state index contributed by atoms with van der Waals surface area (Å²) in [5.41, 5.74) is 27.9. The van der Waals surface area contributed by atoms with Crippen molar-refractivity contribution in [1.29, 1.82) is 0 Å². The van der Waals surface area contributed by atoms with Gasteiger partial charge in [0, 0.05) is 25.2 Å². The molecule has 2 rings (SSSR count). The molecule has 8 N–H and O–H groups in total. The molecule has 2 aromatic carbocycles. The molecule has 0 aliphatic carbocycles. The van der Waals surface area contributed by atoms with E-state index in [2.05, 4.69) is 0 Å². The molecule has 2 unspecified atom stereocenters. The average Bonchev–Trinajstić information content (AvgIpc) is 2.53. The highest BCUT2D eigenvalue weighted by Crippen LogP contribution is 2.25. The molecule has 0 heterocycles. The molecular weight excluding hydrogens is 248 g/mol. The Morgan fingerprint density at radius 1 is 0.700 bits per heavy atom. The van der Waals surface area contributed by atoms with Crippen molar-refractivity contribution in [3.63, 3.8) is 0 Å². The van der Waals surface area contributed by atoms with Gasteiger partial charge in [-0.2, -0.15) is 0 Å². The number of hydrogen-bond donors (Lipinski definition) is 4. The highest BCUT2D eigenvalue weighted by Gasteiger charge is 2.17. The minimum Gasteiger partial charge on any atom is -0.326 e. The van der Waals surface area contributed by atoms with Crippen LogP contribution in [0.25, 0.3) is 0 Å². The lowest BCUT2D eigenvalue weighted by atomic mass is 9.93. The molecule has 0 aliphatic rings. The highest BCUT2D eigenvalue weighted by molar-refractivity contribution is 5.31. The molecule has 0 radical (unpaired) electrons. The number of hydrogen-bond acceptors (Lipinski definition) is 4. The first kappa shape index (κ1) is 14.7. The minimum absolute atomic E-state index is 0.255. The van der Waals surface area contributed by atoms with Crippen LogP contribution in [0, 0.1) is 0 Å². The fraction of sp³-hybridized carbons (Fsp3) is 0.250. The topological polar surface area (TPSA) is 104 Å². The molecule has 20 heavy (non-hydrogen) atoms. The van der Waals surface area contributed by atoms with Gasteiger partial charge in [-0.05, 0) is 22.3 Å². The van der Waals surface area contributed by atoms with Gasteiger partial charge in [0.05, 0.1) is 0 Å². The van der Waals surface area contributed by atoms with E-state index in [1.165, 1.54) is 0 Å². The Bertz CT molecular complexity index is 551. The molecule has 0 amide bonds. The Hall–Kier alpha value is -1.72. The van der Waals surface area contributed by atoms with E-state index < -0.39 is 0 Å². The van der Waals surface area contributed by atoms with Crippen LogP contribution >= 0.6 is 0 Å². The number of benzene rings is 2. The van der Waals surface area contributed by atoms with Crippen LogP contribution in [0.2, 0.25) is 0 Å². The van der Waals surface area contributed by atoms with Gasteiger partial charge in [0.25, 0.3) is 0 Å². The normalized spacial score (nSPS) is 14.0. The van der Waals surface area contributed by atoms with Crippen LogP contribution < -0.4 is 22.9 Å². The Labute approximate surface area is 119 Å². The molecule has 2 aromatic rings. The second kappa shape index (κ2) is 6.63. The lowest BCUT2D eigenvalue weighted by Crippen LogP contribution is -2.26. The third kappa shape index (κ3) is 3.23. The molecule has 0 aliphatic heterocycles. The summed E-state index contributed by atoms with van der Waals surface area (Å²) < 4.78 is 0. The van der Waals surface area contributed by atoms with Crippen molar-refractivity contribution in [2.24, 2.45) is 22.9 Å². The van der Waals surface area contributed by atoms with E-state index in [1.807, 2.05) is 48.5 Å². The van der Waals surface area contributed by atoms with Gasteiger partial charge in [-0.3, -0.25) is 0 Å². The predicted molar refractivity (Wildman–Crippen MR) is 82.5 cm³/mol. The zero-order chi connectivity index (χ0) is 14.5. The number of rotatable bonds is 5. The smallest absolute Gasteiger partial charge is 0.0491 e. The molecule has 0 bridgehead atoms. The first-order valence-corrected chi connectivity index (χ1v) is 6.74. The molecule has 0 aromatic heterocycles. The summed E-state index contributed by atoms with van der Waals surface area (Å²) in [5, 5.41) is 0. The summed E-state index contributed by atoms with van der Waals surface area (Å²) in [6, 6.07) is 15.4. The standard InChI is InChI=1S/C16H22N4/c17-9-11-4-6-13(7-5-11)15(19)16(20)14-3-1-2-12(8-14)10-18/h1-8,15-16H,9-10,17-20H2. The van der Waals surface area contributed by atoms with Gasteiger partial charge in [-0.25, -0.2) is 0 Å². The summed E-state index contributed by atoms with van der Waals surface area (Å²) in [6.45, 7) is 1.03. The van der Waals surface area contributed by atoms with E-state index in [1.54, 1.807) is 0 Å². The Morgan fingerprint density at radius 2 is 1.30 bits per heavy atom. The second-order valence-electron chi connectivity index (χ2n) is 4.95. The molecule has 4 heteroatoms. The lowest BCUT2D eigenvalue weighted by molar-refractivity contribution is 0.573. The summed E-state index contributed by atoms with van der Waals surface area (Å²) >= 11 is 0. The van der Waals surface area contributed by atoms with Gasteiger partial charge in [0.2, 0.25) is 0 Å². The van der Waals surface area contributed by atoms with Crippen molar-refractivity contribution < 1.29 is 0 Å². The van der Waals surface area contributed by atoms with Crippen molar-refractivity contribution in [2.75, 3.05) is 0 Å². The van der Waals surface area contributed by atoms with Crippen molar-refractivity contribution in [1.82, 2.24) is 0 Å². The van der Waals surface area contributed by atoms with Gasteiger partial charge in [-0.15, -0.1) is 0 Å². The molecule has 0 saturated carbocycles. The second-order valence-corrected chi connectivity index (χ2v) is 4.95. The Morgan fingerprint density at radius 3 is 1.90 bits per heavy atom. The van der Waals surface area contributed by atoms with Crippen LogP contribution in [0.5, 0.6) is 0 Å². The van der Waals surface area contributed by atoms with Crippen LogP contribution in [0.1, 0.15) is 34.3 Å². The quantitative estimate of drug-likeness (QED) is 0.657. The number of nitrogens with two attached hydrogens (primary N) is 4. The summed E-state index contributed by atoms with van der Waals surface area (Å²) in [5.74, 6) is 0. The SMILES string of the molecule is NCc1ccc(C(N)C(N)c2cccc(CN)c2)cc1. The van der Waals surface area contributed by atoms with Crippen LogP contribution in [0.4, 0.5) is 0 Å². The van der Waals surface area contributed by atoms with Crippen LogP contribution in [0.15, 0.2) is 48.5 Å². The summed E-state index contributed by atoms with van der Waals surface area (Å²) in [4.78, 5) is 0. The largest absolute Gasteiger partial charge is 0.326 e. The zero-order valence-electron chi connectivity index (χ0n) is 11.5. The third-order valence-corrected chi connectivity index (χ3v) is 3.56. The van der Waals surface area contributed by atoms with Crippen molar-refractivity contribution >= 4 is 0 Å². The summed E-state index contributed by atoms with van der Waals surface area (Å²) in [7, 11) is 0. The molecular formula is C16H22N4. The van der Waals surface area contributed by atoms with Crippen molar-refractivity contribution in [3.05, 3.63) is 70.8 Å². The van der Waals surface area contributed by atoms with Gasteiger partial charge in [-0.1, -0.05) is 48.5 Å².